The van der Waals surface area contributed by atoms with Gasteiger partial charge < -0.3 is 10.8 Å². The van der Waals surface area contributed by atoms with E-state index >= 15 is 0 Å². The Balaban J connectivity index is 3.75. The topological polar surface area (TPSA) is 104 Å². The Bertz CT molecular complexity index is 597. The summed E-state index contributed by atoms with van der Waals surface area (Å²) in [5, 5.41) is 15.7. The normalized spacial score (nSPS) is 12.1. The van der Waals surface area contributed by atoms with Crippen molar-refractivity contribution in [2.24, 2.45) is 0 Å². The van der Waals surface area contributed by atoms with Gasteiger partial charge in [0, 0.05) is 0 Å². The average Bonchev–Trinajstić information content (AvgIpc) is 2.19. The first-order chi connectivity index (χ1) is 7.63. The predicted molar refractivity (Wildman–Crippen MR) is 59.6 cm³/mol. The molecule has 0 aliphatic heterocycles. The van der Waals surface area contributed by atoms with E-state index in [1.54, 1.807) is 6.07 Å². The van der Waals surface area contributed by atoms with Crippen LogP contribution in [0, 0.1) is 11.3 Å². The summed E-state index contributed by atoms with van der Waals surface area (Å²) in [5.74, 6) is -0.797. The minimum absolute atomic E-state index is 0.230. The number of phenols is 1. The zero-order valence-electron chi connectivity index (χ0n) is 9.23. The van der Waals surface area contributed by atoms with Crippen molar-refractivity contribution in [1.82, 2.24) is 0 Å². The van der Waals surface area contributed by atoms with Crippen molar-refractivity contribution in [2.75, 3.05) is 5.73 Å². The summed E-state index contributed by atoms with van der Waals surface area (Å²) in [6.07, 6.45) is 0. The number of sulfone groups is 1. The van der Waals surface area contributed by atoms with E-state index in [0.717, 1.165) is 19.9 Å². The molecule has 0 fully saturated rings. The molecular formula is C10H11FN2O3S. The summed E-state index contributed by atoms with van der Waals surface area (Å²) in [7, 11) is -4.49. The molecule has 1 aromatic carbocycles. The van der Waals surface area contributed by atoms with E-state index in [2.05, 4.69) is 0 Å². The highest BCUT2D eigenvalue weighted by Crippen LogP contribution is 2.37. The van der Waals surface area contributed by atoms with Crippen LogP contribution in [0.2, 0.25) is 0 Å². The first-order valence-corrected chi connectivity index (χ1v) is 6.06. The molecule has 0 unspecified atom stereocenters. The molecule has 0 aliphatic carbocycles. The second-order valence-electron chi connectivity index (χ2n) is 3.86. The Morgan fingerprint density at radius 2 is 2.00 bits per heavy atom. The number of nitrogen functional groups attached to an aromatic ring is 1. The van der Waals surface area contributed by atoms with E-state index in [1.165, 1.54) is 6.07 Å². The van der Waals surface area contributed by atoms with E-state index in [4.69, 9.17) is 11.0 Å². The number of hydrogen-bond donors (Lipinski definition) is 2. The molecule has 0 aliphatic rings. The molecule has 0 saturated carbocycles. The number of anilines is 1. The number of alkyl halides is 1. The second kappa shape index (κ2) is 3.89. The van der Waals surface area contributed by atoms with Gasteiger partial charge >= 0.3 is 0 Å². The summed E-state index contributed by atoms with van der Waals surface area (Å²) in [4.78, 5) is -0.771. The molecule has 0 atom stereocenters. The fraction of sp³-hybridized carbons (Fsp3) is 0.300. The lowest BCUT2D eigenvalue weighted by atomic mass is 10.2. The van der Waals surface area contributed by atoms with E-state index in [1.807, 2.05) is 0 Å². The van der Waals surface area contributed by atoms with Gasteiger partial charge in [-0.15, -0.1) is 0 Å². The summed E-state index contributed by atoms with van der Waals surface area (Å²) in [6.45, 7) is 1.65. The average molecular weight is 258 g/mol. The Morgan fingerprint density at radius 1 is 1.47 bits per heavy atom. The number of nitrogens with two attached hydrogens (primary N) is 1. The fourth-order valence-corrected chi connectivity index (χ4v) is 2.45. The number of nitriles is 1. The van der Waals surface area contributed by atoms with Crippen LogP contribution in [0.3, 0.4) is 0 Å². The molecule has 5 nitrogen and oxygen atoms in total. The lowest BCUT2D eigenvalue weighted by Gasteiger charge is -2.17. The van der Waals surface area contributed by atoms with Crippen LogP contribution in [-0.2, 0) is 9.84 Å². The predicted octanol–water partition coefficient (Wildman–Crippen LogP) is 1.33. The zero-order valence-corrected chi connectivity index (χ0v) is 10.0. The van der Waals surface area contributed by atoms with Gasteiger partial charge in [0.25, 0.3) is 0 Å². The van der Waals surface area contributed by atoms with Gasteiger partial charge in [-0.1, -0.05) is 0 Å². The van der Waals surface area contributed by atoms with Crippen LogP contribution in [0.15, 0.2) is 17.0 Å². The van der Waals surface area contributed by atoms with Crippen LogP contribution in [0.4, 0.5) is 10.1 Å². The van der Waals surface area contributed by atoms with Crippen molar-refractivity contribution in [3.05, 3.63) is 17.7 Å². The molecule has 0 spiro atoms. The highest BCUT2D eigenvalue weighted by molar-refractivity contribution is 7.92. The molecule has 7 heteroatoms. The molecule has 17 heavy (non-hydrogen) atoms. The third-order valence-electron chi connectivity index (χ3n) is 2.19. The molecule has 0 bridgehead atoms. The van der Waals surface area contributed by atoms with E-state index in [0.29, 0.717) is 0 Å². The molecule has 0 heterocycles. The smallest absolute Gasteiger partial charge is 0.217 e. The lowest BCUT2D eigenvalue weighted by Crippen LogP contribution is -2.27. The highest BCUT2D eigenvalue weighted by atomic mass is 32.2. The highest BCUT2D eigenvalue weighted by Gasteiger charge is 2.39. The van der Waals surface area contributed by atoms with Crippen LogP contribution in [0.25, 0.3) is 0 Å². The molecule has 3 N–H and O–H groups in total. The van der Waals surface area contributed by atoms with Crippen LogP contribution in [-0.4, -0.2) is 18.5 Å². The van der Waals surface area contributed by atoms with Crippen molar-refractivity contribution in [3.63, 3.8) is 0 Å². The Morgan fingerprint density at radius 3 is 2.41 bits per heavy atom. The van der Waals surface area contributed by atoms with Gasteiger partial charge in [-0.25, -0.2) is 12.8 Å². The third kappa shape index (κ3) is 2.03. The van der Waals surface area contributed by atoms with Crippen LogP contribution >= 0.6 is 0 Å². The van der Waals surface area contributed by atoms with E-state index in [9.17, 15) is 17.9 Å². The molecular weight excluding hydrogens is 247 g/mol. The molecule has 0 saturated heterocycles. The first-order valence-electron chi connectivity index (χ1n) is 4.58. The van der Waals surface area contributed by atoms with Crippen molar-refractivity contribution in [1.29, 1.82) is 5.26 Å². The Labute approximate surface area is 98.2 Å². The van der Waals surface area contributed by atoms with Crippen LogP contribution in [0.1, 0.15) is 19.4 Å². The molecule has 92 valence electrons. The van der Waals surface area contributed by atoms with Gasteiger partial charge in [0.05, 0.1) is 11.3 Å². The van der Waals surface area contributed by atoms with Crippen molar-refractivity contribution in [3.8, 4) is 11.8 Å². The summed E-state index contributed by atoms with van der Waals surface area (Å²) in [6, 6.07) is 3.88. The summed E-state index contributed by atoms with van der Waals surface area (Å²) >= 11 is 0. The molecule has 1 rings (SSSR count). The Kier molecular flexibility index (Phi) is 3.03. The quantitative estimate of drug-likeness (QED) is 0.615. The van der Waals surface area contributed by atoms with E-state index in [-0.39, 0.29) is 11.3 Å². The minimum atomic E-state index is -4.49. The molecule has 0 amide bonds. The fourth-order valence-electron chi connectivity index (χ4n) is 1.19. The number of phenolic OH excluding ortho intramolecular Hbond substituents is 1. The minimum Gasteiger partial charge on any atom is -0.504 e. The van der Waals surface area contributed by atoms with Crippen molar-refractivity contribution < 1.29 is 17.9 Å². The Hall–Kier alpha value is -1.81. The monoisotopic (exact) mass is 258 g/mol. The number of benzene rings is 1. The van der Waals surface area contributed by atoms with Crippen LogP contribution < -0.4 is 5.73 Å². The SMILES string of the molecule is CC(C)(F)S(=O)(=O)c1c(C#N)ccc(N)c1O. The zero-order chi connectivity index (χ0) is 13.4. The van der Waals surface area contributed by atoms with Gasteiger partial charge in [0.1, 0.15) is 11.0 Å². The second-order valence-corrected chi connectivity index (χ2v) is 6.24. The number of nitrogens with zero attached hydrogens (tertiary/aromatic N) is 1. The van der Waals surface area contributed by atoms with Gasteiger partial charge in [-0.2, -0.15) is 5.26 Å². The maximum Gasteiger partial charge on any atom is 0.217 e. The van der Waals surface area contributed by atoms with E-state index < -0.39 is 25.5 Å². The van der Waals surface area contributed by atoms with Gasteiger partial charge in [0.15, 0.2) is 5.75 Å². The largest absolute Gasteiger partial charge is 0.504 e. The standard InChI is InChI=1S/C10H11FN2O3S/c1-10(2,11)17(15,16)9-6(5-12)3-4-7(13)8(9)14/h3-4,14H,13H2,1-2H3. The van der Waals surface area contributed by atoms with Gasteiger partial charge in [0.2, 0.25) is 14.8 Å². The maximum atomic E-state index is 13.6. The van der Waals surface area contributed by atoms with Gasteiger partial charge in [-0.05, 0) is 26.0 Å². The maximum absolute atomic E-state index is 13.6. The summed E-state index contributed by atoms with van der Waals surface area (Å²) < 4.78 is 37.4. The van der Waals surface area contributed by atoms with Crippen molar-refractivity contribution >= 4 is 15.5 Å². The number of halogens is 1. The molecule has 1 aromatic rings. The lowest BCUT2D eigenvalue weighted by molar-refractivity contribution is 0.318. The third-order valence-corrected chi connectivity index (χ3v) is 4.42. The molecule has 0 aromatic heterocycles. The van der Waals surface area contributed by atoms with Gasteiger partial charge in [-0.3, -0.25) is 0 Å². The number of hydrogen-bond acceptors (Lipinski definition) is 5. The number of rotatable bonds is 2. The number of aromatic hydroxyl groups is 1. The summed E-state index contributed by atoms with van der Waals surface area (Å²) in [5.41, 5.74) is 4.76. The molecule has 0 radical (unpaired) electrons. The first kappa shape index (κ1) is 13.3. The van der Waals surface area contributed by atoms with Crippen molar-refractivity contribution in [2.45, 2.75) is 23.7 Å². The van der Waals surface area contributed by atoms with Crippen LogP contribution in [0.5, 0.6) is 5.75 Å².